The monoisotopic (exact) mass is 341 g/mol. The van der Waals surface area contributed by atoms with Crippen LogP contribution in [0.25, 0.3) is 0 Å². The van der Waals surface area contributed by atoms with Gasteiger partial charge in [0.05, 0.1) is 11.5 Å². The van der Waals surface area contributed by atoms with Crippen LogP contribution in [0.1, 0.15) is 6.42 Å². The second-order valence-electron chi connectivity index (χ2n) is 5.32. The predicted octanol–water partition coefficient (Wildman–Crippen LogP) is 0.254. The second-order valence-corrected chi connectivity index (χ2v) is 7.55. The quantitative estimate of drug-likeness (QED) is 0.689. The minimum atomic E-state index is -3.07. The summed E-state index contributed by atoms with van der Waals surface area (Å²) < 4.78 is 32.9. The van der Waals surface area contributed by atoms with Crippen molar-refractivity contribution in [2.75, 3.05) is 31.8 Å². The van der Waals surface area contributed by atoms with Gasteiger partial charge in [0.25, 0.3) is 5.91 Å². The molecule has 23 heavy (non-hydrogen) atoms. The maximum Gasteiger partial charge on any atom is 0.344 e. The molecule has 0 spiro atoms. The summed E-state index contributed by atoms with van der Waals surface area (Å²) in [6.07, 6.45) is 0.412. The molecule has 1 aliphatic heterocycles. The Morgan fingerprint density at radius 2 is 1.91 bits per heavy atom. The lowest BCUT2D eigenvalue weighted by Crippen LogP contribution is -2.40. The Balaban J connectivity index is 1.72. The Hall–Kier alpha value is -2.09. The van der Waals surface area contributed by atoms with Crippen molar-refractivity contribution in [3.8, 4) is 5.75 Å². The van der Waals surface area contributed by atoms with E-state index in [-0.39, 0.29) is 24.2 Å². The number of ether oxygens (including phenoxy) is 2. The van der Waals surface area contributed by atoms with Crippen LogP contribution in [0.5, 0.6) is 5.75 Å². The zero-order chi connectivity index (χ0) is 16.9. The molecule has 1 fully saturated rings. The summed E-state index contributed by atoms with van der Waals surface area (Å²) in [5.74, 6) is -0.515. The number of esters is 1. The van der Waals surface area contributed by atoms with Crippen LogP contribution in [0, 0.1) is 0 Å². The fourth-order valence-corrected chi connectivity index (χ4v) is 4.00. The number of carbonyl (C=O) groups is 2. The number of nitrogens with zero attached hydrogens (tertiary/aromatic N) is 1. The smallest absolute Gasteiger partial charge is 0.344 e. The van der Waals surface area contributed by atoms with E-state index in [2.05, 4.69) is 0 Å². The fourth-order valence-electron chi connectivity index (χ4n) is 2.23. The highest BCUT2D eigenvalue weighted by atomic mass is 32.2. The standard InChI is InChI=1S/C15H19NO6S/c1-16(12-7-8-23(19,20)11-12)14(17)9-22-15(18)10-21-13-5-3-2-4-6-13/h2-6,12H,7-11H2,1H3/t12-/m0/s1. The summed E-state index contributed by atoms with van der Waals surface area (Å²) in [5, 5.41) is 0. The van der Waals surface area contributed by atoms with Gasteiger partial charge < -0.3 is 14.4 Å². The molecule has 2 rings (SSSR count). The van der Waals surface area contributed by atoms with Crippen molar-refractivity contribution in [1.82, 2.24) is 4.90 Å². The Kier molecular flexibility index (Phi) is 5.59. The second kappa shape index (κ2) is 7.45. The molecule has 1 saturated heterocycles. The van der Waals surface area contributed by atoms with Gasteiger partial charge in [-0.1, -0.05) is 18.2 Å². The molecule has 1 aromatic carbocycles. The van der Waals surface area contributed by atoms with E-state index >= 15 is 0 Å². The summed E-state index contributed by atoms with van der Waals surface area (Å²) in [4.78, 5) is 24.8. The highest BCUT2D eigenvalue weighted by Gasteiger charge is 2.32. The van der Waals surface area contributed by atoms with Gasteiger partial charge in [-0.25, -0.2) is 13.2 Å². The largest absolute Gasteiger partial charge is 0.482 e. The first-order valence-electron chi connectivity index (χ1n) is 7.17. The van der Waals surface area contributed by atoms with Gasteiger partial charge in [-0.3, -0.25) is 4.79 Å². The van der Waals surface area contributed by atoms with Crippen LogP contribution < -0.4 is 4.74 Å². The molecule has 0 bridgehead atoms. The lowest BCUT2D eigenvalue weighted by molar-refractivity contribution is -0.153. The number of carbonyl (C=O) groups excluding carboxylic acids is 2. The van der Waals surface area contributed by atoms with Gasteiger partial charge in [0.2, 0.25) is 0 Å². The van der Waals surface area contributed by atoms with Gasteiger partial charge in [-0.2, -0.15) is 0 Å². The van der Waals surface area contributed by atoms with Crippen LogP contribution in [0.3, 0.4) is 0 Å². The first-order chi connectivity index (χ1) is 10.9. The van der Waals surface area contributed by atoms with Crippen molar-refractivity contribution in [3.63, 3.8) is 0 Å². The minimum Gasteiger partial charge on any atom is -0.482 e. The molecule has 0 saturated carbocycles. The first kappa shape index (κ1) is 17.3. The molecule has 1 aliphatic rings. The summed E-state index contributed by atoms with van der Waals surface area (Å²) in [6.45, 7) is -0.719. The van der Waals surface area contributed by atoms with E-state index in [1.807, 2.05) is 6.07 Å². The van der Waals surface area contributed by atoms with E-state index < -0.39 is 28.3 Å². The Morgan fingerprint density at radius 1 is 1.22 bits per heavy atom. The average molecular weight is 341 g/mol. The molecule has 0 N–H and O–H groups in total. The molecule has 1 aromatic rings. The van der Waals surface area contributed by atoms with E-state index in [0.717, 1.165) is 0 Å². The van der Waals surface area contributed by atoms with Crippen molar-refractivity contribution >= 4 is 21.7 Å². The third-order valence-electron chi connectivity index (χ3n) is 3.61. The zero-order valence-electron chi connectivity index (χ0n) is 12.8. The number of hydrogen-bond donors (Lipinski definition) is 0. The molecule has 0 aliphatic carbocycles. The van der Waals surface area contributed by atoms with Crippen molar-refractivity contribution < 1.29 is 27.5 Å². The normalized spacial score (nSPS) is 19.1. The van der Waals surface area contributed by atoms with Crippen LogP contribution in [-0.4, -0.2) is 63.0 Å². The molecule has 0 unspecified atom stereocenters. The van der Waals surface area contributed by atoms with Crippen LogP contribution in [-0.2, 0) is 24.2 Å². The van der Waals surface area contributed by atoms with E-state index in [0.29, 0.717) is 12.2 Å². The van der Waals surface area contributed by atoms with E-state index in [4.69, 9.17) is 9.47 Å². The average Bonchev–Trinajstić information content (AvgIpc) is 2.90. The lowest BCUT2D eigenvalue weighted by atomic mass is 10.2. The maximum absolute atomic E-state index is 11.9. The summed E-state index contributed by atoms with van der Waals surface area (Å²) >= 11 is 0. The highest BCUT2D eigenvalue weighted by Crippen LogP contribution is 2.16. The van der Waals surface area contributed by atoms with Gasteiger partial charge in [0.1, 0.15) is 5.75 Å². The van der Waals surface area contributed by atoms with Crippen LogP contribution in [0.4, 0.5) is 0 Å². The highest BCUT2D eigenvalue weighted by molar-refractivity contribution is 7.91. The predicted molar refractivity (Wildman–Crippen MR) is 82.7 cm³/mol. The molecule has 1 atom stereocenters. The van der Waals surface area contributed by atoms with Crippen molar-refractivity contribution in [2.45, 2.75) is 12.5 Å². The number of rotatable bonds is 6. The summed E-state index contributed by atoms with van der Waals surface area (Å²) in [6, 6.07) is 8.41. The van der Waals surface area contributed by atoms with Crippen molar-refractivity contribution in [1.29, 1.82) is 0 Å². The summed E-state index contributed by atoms with van der Waals surface area (Å²) in [5.41, 5.74) is 0. The molecule has 126 valence electrons. The molecule has 7 nitrogen and oxygen atoms in total. The van der Waals surface area contributed by atoms with Gasteiger partial charge >= 0.3 is 5.97 Å². The van der Waals surface area contributed by atoms with Gasteiger partial charge in [0, 0.05) is 13.1 Å². The first-order valence-corrected chi connectivity index (χ1v) is 8.99. The number of benzene rings is 1. The molecular weight excluding hydrogens is 322 g/mol. The van der Waals surface area contributed by atoms with Crippen LogP contribution in [0.15, 0.2) is 30.3 Å². The Bertz CT molecular complexity index is 658. The number of sulfone groups is 1. The zero-order valence-corrected chi connectivity index (χ0v) is 13.6. The maximum atomic E-state index is 11.9. The third kappa shape index (κ3) is 5.24. The summed E-state index contributed by atoms with van der Waals surface area (Å²) in [7, 11) is -1.55. The van der Waals surface area contributed by atoms with Crippen LogP contribution >= 0.6 is 0 Å². The molecule has 1 heterocycles. The van der Waals surface area contributed by atoms with Gasteiger partial charge in [0.15, 0.2) is 23.1 Å². The number of para-hydroxylation sites is 1. The van der Waals surface area contributed by atoms with E-state index in [9.17, 15) is 18.0 Å². The Morgan fingerprint density at radius 3 is 2.52 bits per heavy atom. The minimum absolute atomic E-state index is 0.0414. The molecular formula is C15H19NO6S. The molecule has 0 radical (unpaired) electrons. The topological polar surface area (TPSA) is 90.0 Å². The number of likely N-dealkylation sites (N-methyl/N-ethyl adjacent to an activating group) is 1. The van der Waals surface area contributed by atoms with Gasteiger partial charge in [-0.15, -0.1) is 0 Å². The molecule has 0 aromatic heterocycles. The van der Waals surface area contributed by atoms with Crippen LogP contribution in [0.2, 0.25) is 0 Å². The van der Waals surface area contributed by atoms with E-state index in [1.165, 1.54) is 11.9 Å². The number of amides is 1. The molecule has 1 amide bonds. The fraction of sp³-hybridized carbons (Fsp3) is 0.467. The van der Waals surface area contributed by atoms with Crippen molar-refractivity contribution in [3.05, 3.63) is 30.3 Å². The SMILES string of the molecule is CN(C(=O)COC(=O)COc1ccccc1)[C@H]1CCS(=O)(=O)C1. The molecule has 8 heteroatoms. The third-order valence-corrected chi connectivity index (χ3v) is 5.36. The van der Waals surface area contributed by atoms with Gasteiger partial charge in [-0.05, 0) is 18.6 Å². The number of hydrogen-bond acceptors (Lipinski definition) is 6. The van der Waals surface area contributed by atoms with E-state index in [1.54, 1.807) is 24.3 Å². The Labute approximate surface area is 135 Å². The van der Waals surface area contributed by atoms with Crippen molar-refractivity contribution in [2.24, 2.45) is 0 Å². The lowest BCUT2D eigenvalue weighted by Gasteiger charge is -2.23.